The van der Waals surface area contributed by atoms with Gasteiger partial charge in [0.05, 0.1) is 0 Å². The zero-order valence-corrected chi connectivity index (χ0v) is 14.8. The molecule has 0 spiro atoms. The Morgan fingerprint density at radius 2 is 1.60 bits per heavy atom. The van der Waals surface area contributed by atoms with E-state index in [-0.39, 0.29) is 5.91 Å². The van der Waals surface area contributed by atoms with E-state index in [1.54, 1.807) is 42.5 Å². The maximum Gasteiger partial charge on any atom is 0.256 e. The summed E-state index contributed by atoms with van der Waals surface area (Å²) < 4.78 is 0. The Kier molecular flexibility index (Phi) is 5.93. The molecule has 0 bridgehead atoms. The molecule has 3 N–H and O–H groups in total. The van der Waals surface area contributed by atoms with E-state index in [0.717, 1.165) is 5.56 Å². The van der Waals surface area contributed by atoms with E-state index in [2.05, 4.69) is 10.6 Å². The van der Waals surface area contributed by atoms with E-state index in [1.807, 2.05) is 19.9 Å². The van der Waals surface area contributed by atoms with Gasteiger partial charge in [-0.15, -0.1) is 0 Å². The minimum Gasteiger partial charge on any atom is -0.380 e. The van der Waals surface area contributed by atoms with E-state index < -0.39 is 11.5 Å². The number of amides is 2. The van der Waals surface area contributed by atoms with Crippen LogP contribution in [-0.4, -0.2) is 22.5 Å². The Labute approximate surface area is 148 Å². The third-order valence-electron chi connectivity index (χ3n) is 4.09. The van der Waals surface area contributed by atoms with Crippen LogP contribution in [0.5, 0.6) is 0 Å². The van der Waals surface area contributed by atoms with Gasteiger partial charge in [0.25, 0.3) is 11.8 Å². The van der Waals surface area contributed by atoms with Crippen molar-refractivity contribution in [1.82, 2.24) is 0 Å². The summed E-state index contributed by atoms with van der Waals surface area (Å²) in [7, 11) is 0. The first-order valence-electron chi connectivity index (χ1n) is 8.35. The molecule has 0 aliphatic carbocycles. The van der Waals surface area contributed by atoms with Crippen LogP contribution in [0, 0.1) is 6.92 Å². The van der Waals surface area contributed by atoms with Crippen LogP contribution < -0.4 is 10.6 Å². The summed E-state index contributed by atoms with van der Waals surface area (Å²) in [6, 6.07) is 14.2. The predicted molar refractivity (Wildman–Crippen MR) is 99.7 cm³/mol. The lowest BCUT2D eigenvalue weighted by molar-refractivity contribution is -0.133. The van der Waals surface area contributed by atoms with Crippen LogP contribution in [0.4, 0.5) is 11.4 Å². The number of anilines is 2. The molecule has 0 saturated carbocycles. The SMILES string of the molecule is CCC[C@](C)(O)C(=O)Nc1cccc(NC(=O)c2ccccc2)c1C. The van der Waals surface area contributed by atoms with Gasteiger partial charge in [0.2, 0.25) is 0 Å². The zero-order valence-electron chi connectivity index (χ0n) is 14.8. The van der Waals surface area contributed by atoms with Crippen LogP contribution in [0.15, 0.2) is 48.5 Å². The lowest BCUT2D eigenvalue weighted by Gasteiger charge is -2.22. The largest absolute Gasteiger partial charge is 0.380 e. The molecule has 25 heavy (non-hydrogen) atoms. The topological polar surface area (TPSA) is 78.4 Å². The van der Waals surface area contributed by atoms with Crippen molar-refractivity contribution in [3.8, 4) is 0 Å². The van der Waals surface area contributed by atoms with Gasteiger partial charge in [-0.3, -0.25) is 9.59 Å². The molecule has 2 aromatic carbocycles. The van der Waals surface area contributed by atoms with Crippen molar-refractivity contribution in [2.75, 3.05) is 10.6 Å². The minimum absolute atomic E-state index is 0.217. The highest BCUT2D eigenvalue weighted by atomic mass is 16.3. The molecule has 132 valence electrons. The first kappa shape index (κ1) is 18.7. The third kappa shape index (κ3) is 4.67. The standard InChI is InChI=1S/C20H24N2O3/c1-4-13-20(3,25)19(24)22-17-12-8-11-16(14(17)2)21-18(23)15-9-6-5-7-10-15/h5-12,25H,4,13H2,1-3H3,(H,21,23)(H,22,24)/t20-/m0/s1. The number of aliphatic hydroxyl groups is 1. The summed E-state index contributed by atoms with van der Waals surface area (Å²) in [5, 5.41) is 15.8. The fourth-order valence-corrected chi connectivity index (χ4v) is 2.55. The summed E-state index contributed by atoms with van der Waals surface area (Å²) in [6.45, 7) is 5.22. The van der Waals surface area contributed by atoms with Crippen molar-refractivity contribution in [3.63, 3.8) is 0 Å². The van der Waals surface area contributed by atoms with Gasteiger partial charge in [0, 0.05) is 16.9 Å². The normalized spacial score (nSPS) is 13.0. The molecule has 0 aromatic heterocycles. The molecule has 2 aromatic rings. The van der Waals surface area contributed by atoms with Crippen molar-refractivity contribution in [2.24, 2.45) is 0 Å². The van der Waals surface area contributed by atoms with Crippen LogP contribution in [0.3, 0.4) is 0 Å². The Hall–Kier alpha value is -2.66. The number of nitrogens with one attached hydrogen (secondary N) is 2. The lowest BCUT2D eigenvalue weighted by Crippen LogP contribution is -2.40. The molecule has 0 aliphatic heterocycles. The van der Waals surface area contributed by atoms with Gasteiger partial charge in [0.15, 0.2) is 0 Å². The number of rotatable bonds is 6. The smallest absolute Gasteiger partial charge is 0.256 e. The van der Waals surface area contributed by atoms with Crippen molar-refractivity contribution >= 4 is 23.2 Å². The van der Waals surface area contributed by atoms with Crippen molar-refractivity contribution < 1.29 is 14.7 Å². The van der Waals surface area contributed by atoms with Crippen LogP contribution in [-0.2, 0) is 4.79 Å². The highest BCUT2D eigenvalue weighted by Crippen LogP contribution is 2.25. The molecule has 2 rings (SSSR count). The quantitative estimate of drug-likeness (QED) is 0.749. The Morgan fingerprint density at radius 1 is 1.00 bits per heavy atom. The van der Waals surface area contributed by atoms with Crippen molar-refractivity contribution in [3.05, 3.63) is 59.7 Å². The molecular weight excluding hydrogens is 316 g/mol. The van der Waals surface area contributed by atoms with Crippen molar-refractivity contribution in [1.29, 1.82) is 0 Å². The van der Waals surface area contributed by atoms with E-state index in [1.165, 1.54) is 6.92 Å². The van der Waals surface area contributed by atoms with Crippen LogP contribution in [0.2, 0.25) is 0 Å². The first-order chi connectivity index (χ1) is 11.8. The minimum atomic E-state index is -1.43. The zero-order chi connectivity index (χ0) is 18.4. The van der Waals surface area contributed by atoms with Gasteiger partial charge in [-0.25, -0.2) is 0 Å². The number of hydrogen-bond donors (Lipinski definition) is 3. The summed E-state index contributed by atoms with van der Waals surface area (Å²) in [5.74, 6) is -0.672. The predicted octanol–water partition coefficient (Wildman–Crippen LogP) is 3.74. The van der Waals surface area contributed by atoms with Gasteiger partial charge in [-0.05, 0) is 50.1 Å². The highest BCUT2D eigenvalue weighted by Gasteiger charge is 2.29. The summed E-state index contributed by atoms with van der Waals surface area (Å²) in [5.41, 5.74) is 1.04. The van der Waals surface area contributed by atoms with E-state index in [9.17, 15) is 14.7 Å². The van der Waals surface area contributed by atoms with E-state index in [0.29, 0.717) is 29.8 Å². The fraction of sp³-hybridized carbons (Fsp3) is 0.300. The highest BCUT2D eigenvalue weighted by molar-refractivity contribution is 6.05. The van der Waals surface area contributed by atoms with Crippen LogP contribution >= 0.6 is 0 Å². The molecular formula is C20H24N2O3. The molecule has 2 amide bonds. The average molecular weight is 340 g/mol. The second-order valence-electron chi connectivity index (χ2n) is 6.28. The number of benzene rings is 2. The second kappa shape index (κ2) is 7.94. The molecule has 0 unspecified atom stereocenters. The summed E-state index contributed by atoms with van der Waals surface area (Å²) in [4.78, 5) is 24.6. The van der Waals surface area contributed by atoms with Crippen LogP contribution in [0.25, 0.3) is 0 Å². The summed E-state index contributed by atoms with van der Waals surface area (Å²) >= 11 is 0. The van der Waals surface area contributed by atoms with Gasteiger partial charge in [-0.2, -0.15) is 0 Å². The fourth-order valence-electron chi connectivity index (χ4n) is 2.55. The third-order valence-corrected chi connectivity index (χ3v) is 4.09. The first-order valence-corrected chi connectivity index (χ1v) is 8.35. The van der Waals surface area contributed by atoms with E-state index >= 15 is 0 Å². The Morgan fingerprint density at radius 3 is 2.20 bits per heavy atom. The summed E-state index contributed by atoms with van der Waals surface area (Å²) in [6.07, 6.45) is 1.08. The lowest BCUT2D eigenvalue weighted by atomic mass is 9.99. The van der Waals surface area contributed by atoms with Gasteiger partial charge in [0.1, 0.15) is 5.60 Å². The second-order valence-corrected chi connectivity index (χ2v) is 6.28. The monoisotopic (exact) mass is 340 g/mol. The molecule has 0 radical (unpaired) electrons. The maximum atomic E-state index is 12.3. The number of carbonyl (C=O) groups excluding carboxylic acids is 2. The van der Waals surface area contributed by atoms with Gasteiger partial charge >= 0.3 is 0 Å². The van der Waals surface area contributed by atoms with Crippen molar-refractivity contribution in [2.45, 2.75) is 39.2 Å². The van der Waals surface area contributed by atoms with Gasteiger partial charge in [-0.1, -0.05) is 37.6 Å². The van der Waals surface area contributed by atoms with Crippen LogP contribution in [0.1, 0.15) is 42.6 Å². The average Bonchev–Trinajstić information content (AvgIpc) is 2.59. The number of carbonyl (C=O) groups is 2. The Bertz CT molecular complexity index is 755. The Balaban J connectivity index is 2.17. The molecule has 0 fully saturated rings. The molecule has 0 heterocycles. The number of hydrogen-bond acceptors (Lipinski definition) is 3. The van der Waals surface area contributed by atoms with Gasteiger partial charge < -0.3 is 15.7 Å². The maximum absolute atomic E-state index is 12.3. The molecule has 0 saturated heterocycles. The molecule has 5 heteroatoms. The molecule has 1 atom stereocenters. The van der Waals surface area contributed by atoms with E-state index in [4.69, 9.17) is 0 Å². The molecule has 0 aliphatic rings. The molecule has 5 nitrogen and oxygen atoms in total.